The lowest BCUT2D eigenvalue weighted by Crippen LogP contribution is -2.05. The van der Waals surface area contributed by atoms with Crippen LogP contribution in [-0.2, 0) is 0 Å². The predicted octanol–water partition coefficient (Wildman–Crippen LogP) is 6.87. The minimum absolute atomic E-state index is 0.720. The first-order chi connectivity index (χ1) is 13.7. The van der Waals surface area contributed by atoms with Gasteiger partial charge in [0.25, 0.3) is 0 Å². The van der Waals surface area contributed by atoms with Crippen LogP contribution in [0.4, 0.5) is 0 Å². The number of rotatable bonds is 10. The molecule has 2 nitrogen and oxygen atoms in total. The summed E-state index contributed by atoms with van der Waals surface area (Å²) in [5.74, 6) is 6.21. The van der Waals surface area contributed by atoms with Crippen molar-refractivity contribution in [1.29, 1.82) is 0 Å². The van der Waals surface area contributed by atoms with Gasteiger partial charge in [-0.25, -0.2) is 0 Å². The normalized spacial score (nSPS) is 11.3. The van der Waals surface area contributed by atoms with Crippen LogP contribution < -0.4 is 9.47 Å². The highest BCUT2D eigenvalue weighted by Crippen LogP contribution is 2.43. The molecule has 0 aliphatic heterocycles. The summed E-state index contributed by atoms with van der Waals surface area (Å²) in [6.07, 6.45) is 0. The lowest BCUT2D eigenvalue weighted by molar-refractivity contribution is 0.346. The predicted molar refractivity (Wildman–Crippen MR) is 128 cm³/mol. The molecule has 0 atom stereocenters. The molecule has 0 unspecified atom stereocenters. The summed E-state index contributed by atoms with van der Waals surface area (Å²) >= 11 is 3.82. The molecule has 0 saturated heterocycles. The molecule has 3 aromatic carbocycles. The maximum Gasteiger partial charge on any atom is 0.135 e. The average molecular weight is 415 g/mol. The van der Waals surface area contributed by atoms with Crippen molar-refractivity contribution in [2.24, 2.45) is 0 Å². The lowest BCUT2D eigenvalue weighted by Gasteiger charge is -2.19. The number of fused-ring (bicyclic) bond motifs is 2. The van der Waals surface area contributed by atoms with Crippen LogP contribution in [0.3, 0.4) is 0 Å². The molecule has 0 heterocycles. The van der Waals surface area contributed by atoms with E-state index in [1.807, 2.05) is 23.5 Å². The van der Waals surface area contributed by atoms with Crippen LogP contribution in [0.2, 0.25) is 0 Å². The second-order valence-electron chi connectivity index (χ2n) is 6.78. The van der Waals surface area contributed by atoms with Gasteiger partial charge in [0, 0.05) is 33.1 Å². The molecule has 0 aromatic heterocycles. The summed E-state index contributed by atoms with van der Waals surface area (Å²) in [5, 5.41) is 4.58. The van der Waals surface area contributed by atoms with Crippen molar-refractivity contribution in [3.05, 3.63) is 47.5 Å². The maximum atomic E-state index is 6.35. The van der Waals surface area contributed by atoms with Crippen molar-refractivity contribution < 1.29 is 9.47 Å². The first-order valence-electron chi connectivity index (χ1n) is 10.0. The van der Waals surface area contributed by atoms with Crippen LogP contribution >= 0.6 is 23.5 Å². The standard InChI is InChI=1S/C24H30O2S2/c1-5-27-13-11-25-23-19-9-7-8-10-20(19)24(26-12-14-28-6-2)22-16-18(4)17(3)15-21(22)23/h7-10,15-16H,5-6,11-14H2,1-4H3. The highest BCUT2D eigenvalue weighted by Gasteiger charge is 2.17. The maximum absolute atomic E-state index is 6.35. The first kappa shape index (κ1) is 21.2. The van der Waals surface area contributed by atoms with E-state index in [9.17, 15) is 0 Å². The average Bonchev–Trinajstić information content (AvgIpc) is 2.70. The molecule has 0 saturated carbocycles. The Bertz CT molecular complexity index is 861. The van der Waals surface area contributed by atoms with E-state index in [1.165, 1.54) is 11.1 Å². The van der Waals surface area contributed by atoms with Gasteiger partial charge in [-0.2, -0.15) is 23.5 Å². The smallest absolute Gasteiger partial charge is 0.135 e. The van der Waals surface area contributed by atoms with E-state index in [0.717, 1.165) is 69.3 Å². The summed E-state index contributed by atoms with van der Waals surface area (Å²) in [4.78, 5) is 0. The number of hydrogen-bond acceptors (Lipinski definition) is 4. The second-order valence-corrected chi connectivity index (χ2v) is 9.56. The number of thioether (sulfide) groups is 2. The second kappa shape index (κ2) is 10.3. The number of hydrogen-bond donors (Lipinski definition) is 0. The van der Waals surface area contributed by atoms with Crippen molar-refractivity contribution in [2.75, 3.05) is 36.2 Å². The summed E-state index contributed by atoms with van der Waals surface area (Å²) in [7, 11) is 0. The van der Waals surface area contributed by atoms with Crippen LogP contribution in [0.15, 0.2) is 36.4 Å². The highest BCUT2D eigenvalue weighted by molar-refractivity contribution is 7.99. The lowest BCUT2D eigenvalue weighted by atomic mass is 9.96. The van der Waals surface area contributed by atoms with E-state index < -0.39 is 0 Å². The van der Waals surface area contributed by atoms with Gasteiger partial charge in [0.05, 0.1) is 13.2 Å². The Balaban J connectivity index is 2.13. The zero-order chi connectivity index (χ0) is 19.9. The van der Waals surface area contributed by atoms with Gasteiger partial charge in [0.1, 0.15) is 11.5 Å². The molecule has 0 aliphatic rings. The van der Waals surface area contributed by atoms with Crippen LogP contribution in [0.1, 0.15) is 25.0 Å². The highest BCUT2D eigenvalue weighted by atomic mass is 32.2. The fourth-order valence-corrected chi connectivity index (χ4v) is 4.35. The molecule has 0 aliphatic carbocycles. The SMILES string of the molecule is CCSCCOc1c2ccccc2c(OCCSCC)c2cc(C)c(C)cc12. The quantitative estimate of drug-likeness (QED) is 0.266. The van der Waals surface area contributed by atoms with Crippen LogP contribution in [0, 0.1) is 13.8 Å². The summed E-state index contributed by atoms with van der Waals surface area (Å²) in [6.45, 7) is 10.1. The molecular formula is C24H30O2S2. The Kier molecular flexibility index (Phi) is 7.81. The largest absolute Gasteiger partial charge is 0.491 e. The molecule has 3 rings (SSSR count). The van der Waals surface area contributed by atoms with Crippen LogP contribution in [0.25, 0.3) is 21.5 Å². The molecule has 0 spiro atoms. The van der Waals surface area contributed by atoms with Gasteiger partial charge < -0.3 is 9.47 Å². The Hall–Kier alpha value is -1.52. The molecule has 0 bridgehead atoms. The zero-order valence-electron chi connectivity index (χ0n) is 17.3. The monoisotopic (exact) mass is 414 g/mol. The van der Waals surface area contributed by atoms with Gasteiger partial charge in [0.2, 0.25) is 0 Å². The summed E-state index contributed by atoms with van der Waals surface area (Å²) in [6, 6.07) is 13.0. The van der Waals surface area contributed by atoms with E-state index in [1.54, 1.807) is 0 Å². The van der Waals surface area contributed by atoms with Gasteiger partial charge in [-0.3, -0.25) is 0 Å². The van der Waals surface area contributed by atoms with Gasteiger partial charge in [-0.1, -0.05) is 38.1 Å². The van der Waals surface area contributed by atoms with Gasteiger partial charge in [-0.05, 0) is 48.6 Å². The molecule has 0 radical (unpaired) electrons. The molecule has 0 N–H and O–H groups in total. The molecule has 28 heavy (non-hydrogen) atoms. The number of ether oxygens (including phenoxy) is 2. The Labute approximate surface area is 177 Å². The van der Waals surface area contributed by atoms with E-state index in [2.05, 4.69) is 64.1 Å². The van der Waals surface area contributed by atoms with Crippen molar-refractivity contribution >= 4 is 45.1 Å². The number of aryl methyl sites for hydroxylation is 2. The summed E-state index contributed by atoms with van der Waals surface area (Å²) < 4.78 is 12.7. The van der Waals surface area contributed by atoms with Crippen molar-refractivity contribution in [2.45, 2.75) is 27.7 Å². The fourth-order valence-electron chi connectivity index (χ4n) is 3.37. The molecule has 3 aromatic rings. The summed E-state index contributed by atoms with van der Waals surface area (Å²) in [5.41, 5.74) is 2.56. The Morgan fingerprint density at radius 3 is 1.50 bits per heavy atom. The van der Waals surface area contributed by atoms with Crippen molar-refractivity contribution in [1.82, 2.24) is 0 Å². The molecular weight excluding hydrogens is 384 g/mol. The van der Waals surface area contributed by atoms with Crippen LogP contribution in [-0.4, -0.2) is 36.2 Å². The Morgan fingerprint density at radius 1 is 0.679 bits per heavy atom. The van der Waals surface area contributed by atoms with E-state index in [-0.39, 0.29) is 0 Å². The fraction of sp³-hybridized carbons (Fsp3) is 0.417. The van der Waals surface area contributed by atoms with Crippen LogP contribution in [0.5, 0.6) is 11.5 Å². The third kappa shape index (κ3) is 4.72. The third-order valence-corrected chi connectivity index (χ3v) is 6.62. The van der Waals surface area contributed by atoms with Crippen molar-refractivity contribution in [3.63, 3.8) is 0 Å². The molecule has 0 fully saturated rings. The topological polar surface area (TPSA) is 18.5 Å². The molecule has 0 amide bonds. The minimum Gasteiger partial charge on any atom is -0.491 e. The van der Waals surface area contributed by atoms with E-state index in [4.69, 9.17) is 9.47 Å². The Morgan fingerprint density at radius 2 is 1.11 bits per heavy atom. The molecule has 150 valence electrons. The first-order valence-corrected chi connectivity index (χ1v) is 12.3. The van der Waals surface area contributed by atoms with E-state index in [0.29, 0.717) is 0 Å². The molecule has 4 heteroatoms. The van der Waals surface area contributed by atoms with Gasteiger partial charge >= 0.3 is 0 Å². The minimum atomic E-state index is 0.720. The number of benzene rings is 3. The third-order valence-electron chi connectivity index (χ3n) is 4.90. The van der Waals surface area contributed by atoms with Gasteiger partial charge in [-0.15, -0.1) is 0 Å². The van der Waals surface area contributed by atoms with E-state index >= 15 is 0 Å². The zero-order valence-corrected chi connectivity index (χ0v) is 19.0. The van der Waals surface area contributed by atoms with Crippen molar-refractivity contribution in [3.8, 4) is 11.5 Å². The van der Waals surface area contributed by atoms with Gasteiger partial charge in [0.15, 0.2) is 0 Å².